The number of hydrogen-bond acceptors (Lipinski definition) is 2. The van der Waals surface area contributed by atoms with Crippen LogP contribution in [0.15, 0.2) is 6.20 Å². The zero-order valence-electron chi connectivity index (χ0n) is 3.98. The van der Waals surface area contributed by atoms with Crippen LogP contribution in [0.5, 0.6) is 0 Å². The van der Waals surface area contributed by atoms with Crippen LogP contribution in [0.25, 0.3) is 0 Å². The van der Waals surface area contributed by atoms with Crippen LogP contribution >= 0.6 is 15.9 Å². The topological polar surface area (TPSA) is 15.3 Å². The Morgan fingerprint density at radius 2 is 2.71 bits per heavy atom. The number of halogens is 1. The third-order valence-electron chi connectivity index (χ3n) is 0.731. The van der Waals surface area contributed by atoms with Crippen LogP contribution in [0.1, 0.15) is 0 Å². The third kappa shape index (κ3) is 1.17. The minimum atomic E-state index is 0.206. The molecule has 1 N–H and O–H groups in total. The second-order valence-corrected chi connectivity index (χ2v) is 2.31. The maximum Gasteiger partial charge on any atom is 0.108 e. The van der Waals surface area contributed by atoms with Gasteiger partial charge < -0.3 is 5.01 Å². The van der Waals surface area contributed by atoms with Gasteiger partial charge in [0, 0.05) is 19.3 Å². The quantitative estimate of drug-likeness (QED) is 0.411. The Bertz CT molecular complexity index is 81.7. The van der Waals surface area contributed by atoms with E-state index >= 15 is 0 Å². The molecule has 0 aromatic carbocycles. The fraction of sp³-hybridized carbons (Fsp3) is 0.500. The normalized spacial score (nSPS) is 29.4. The molecule has 39 valence electrons. The van der Waals surface area contributed by atoms with Gasteiger partial charge in [0.05, 0.1) is 0 Å². The summed E-state index contributed by atoms with van der Waals surface area (Å²) in [5.74, 6) is 0. The standard InChI is InChI=1S/C4H6BrN2/c1-7-3-2-4(5)6-7/h3-4,6H,1H3. The number of rotatable bonds is 0. The van der Waals surface area contributed by atoms with Crippen molar-refractivity contribution < 1.29 is 0 Å². The second-order valence-electron chi connectivity index (χ2n) is 1.40. The van der Waals surface area contributed by atoms with Crippen molar-refractivity contribution in [3.8, 4) is 0 Å². The Kier molecular flexibility index (Phi) is 1.35. The molecule has 1 heterocycles. The lowest BCUT2D eigenvalue weighted by Crippen LogP contribution is -2.28. The maximum atomic E-state index is 3.28. The second kappa shape index (κ2) is 1.84. The Hall–Kier alpha value is -0.0200. The van der Waals surface area contributed by atoms with E-state index in [0.29, 0.717) is 0 Å². The molecule has 0 fully saturated rings. The molecule has 7 heavy (non-hydrogen) atoms. The number of alkyl halides is 1. The summed E-state index contributed by atoms with van der Waals surface area (Å²) in [7, 11) is 1.92. The summed E-state index contributed by atoms with van der Waals surface area (Å²) in [5, 5.41) is 1.85. The highest BCUT2D eigenvalue weighted by Crippen LogP contribution is 2.02. The zero-order chi connectivity index (χ0) is 5.28. The molecule has 1 radical (unpaired) electrons. The lowest BCUT2D eigenvalue weighted by molar-refractivity contribution is 0.365. The van der Waals surface area contributed by atoms with Gasteiger partial charge in [-0.2, -0.15) is 0 Å². The molecule has 0 amide bonds. The Morgan fingerprint density at radius 3 is 2.86 bits per heavy atom. The Labute approximate surface area is 51.3 Å². The van der Waals surface area contributed by atoms with Crippen molar-refractivity contribution in [2.75, 3.05) is 7.05 Å². The van der Waals surface area contributed by atoms with Gasteiger partial charge in [-0.05, 0) is 0 Å². The predicted octanol–water partition coefficient (Wildman–Crippen LogP) is 0.474. The highest BCUT2D eigenvalue weighted by atomic mass is 79.9. The van der Waals surface area contributed by atoms with E-state index in [1.807, 2.05) is 18.3 Å². The van der Waals surface area contributed by atoms with Gasteiger partial charge in [0.25, 0.3) is 0 Å². The summed E-state index contributed by atoms with van der Waals surface area (Å²) in [4.78, 5) is 0.206. The molecule has 0 saturated heterocycles. The summed E-state index contributed by atoms with van der Waals surface area (Å²) >= 11 is 3.28. The molecule has 1 aliphatic rings. The third-order valence-corrected chi connectivity index (χ3v) is 1.20. The van der Waals surface area contributed by atoms with Gasteiger partial charge in [-0.15, -0.1) is 0 Å². The van der Waals surface area contributed by atoms with Crippen molar-refractivity contribution >= 4 is 15.9 Å². The number of hydrogen-bond donors (Lipinski definition) is 1. The molecule has 0 spiro atoms. The van der Waals surface area contributed by atoms with Crippen LogP contribution in [0, 0.1) is 6.08 Å². The van der Waals surface area contributed by atoms with Crippen LogP contribution in [-0.4, -0.2) is 17.0 Å². The van der Waals surface area contributed by atoms with E-state index in [2.05, 4.69) is 27.4 Å². The summed E-state index contributed by atoms with van der Waals surface area (Å²) in [5.41, 5.74) is 3.00. The maximum absolute atomic E-state index is 3.28. The first-order valence-corrected chi connectivity index (χ1v) is 2.93. The lowest BCUT2D eigenvalue weighted by Gasteiger charge is -2.08. The largest absolute Gasteiger partial charge is 0.317 e. The van der Waals surface area contributed by atoms with Gasteiger partial charge in [0.2, 0.25) is 0 Å². The van der Waals surface area contributed by atoms with Crippen LogP contribution in [0.2, 0.25) is 0 Å². The smallest absolute Gasteiger partial charge is 0.108 e. The first kappa shape index (κ1) is 5.12. The molecule has 1 unspecified atom stereocenters. The summed E-state index contributed by atoms with van der Waals surface area (Å²) < 4.78 is 0. The fourth-order valence-corrected chi connectivity index (χ4v) is 0.872. The average molecular weight is 162 g/mol. The van der Waals surface area contributed by atoms with E-state index in [4.69, 9.17) is 0 Å². The van der Waals surface area contributed by atoms with E-state index < -0.39 is 0 Å². The van der Waals surface area contributed by atoms with Crippen LogP contribution in [-0.2, 0) is 0 Å². The summed E-state index contributed by atoms with van der Waals surface area (Å²) in [6, 6.07) is 0. The van der Waals surface area contributed by atoms with Gasteiger partial charge in [0.1, 0.15) is 4.95 Å². The number of nitrogens with zero attached hydrogens (tertiary/aromatic N) is 1. The van der Waals surface area contributed by atoms with Crippen molar-refractivity contribution in [1.29, 1.82) is 0 Å². The molecular weight excluding hydrogens is 156 g/mol. The highest BCUT2D eigenvalue weighted by Gasteiger charge is 2.05. The molecule has 0 bridgehead atoms. The van der Waals surface area contributed by atoms with Crippen molar-refractivity contribution in [2.45, 2.75) is 4.95 Å². The van der Waals surface area contributed by atoms with Crippen molar-refractivity contribution in [1.82, 2.24) is 10.4 Å². The van der Waals surface area contributed by atoms with Crippen molar-refractivity contribution in [3.63, 3.8) is 0 Å². The predicted molar refractivity (Wildman–Crippen MR) is 31.4 cm³/mol. The molecule has 1 rings (SSSR count). The van der Waals surface area contributed by atoms with E-state index in [9.17, 15) is 0 Å². The van der Waals surface area contributed by atoms with Crippen molar-refractivity contribution in [2.24, 2.45) is 0 Å². The molecule has 2 nitrogen and oxygen atoms in total. The summed E-state index contributed by atoms with van der Waals surface area (Å²) in [6.45, 7) is 0. The van der Waals surface area contributed by atoms with Gasteiger partial charge in [-0.25, -0.2) is 5.43 Å². The van der Waals surface area contributed by atoms with E-state index in [0.717, 1.165) is 0 Å². The molecule has 0 aromatic heterocycles. The van der Waals surface area contributed by atoms with Crippen LogP contribution in [0.4, 0.5) is 0 Å². The average Bonchev–Trinajstić information content (AvgIpc) is 1.87. The first-order valence-electron chi connectivity index (χ1n) is 2.01. The van der Waals surface area contributed by atoms with E-state index in [1.165, 1.54) is 0 Å². The summed E-state index contributed by atoms with van der Waals surface area (Å²) in [6.07, 6.45) is 4.82. The van der Waals surface area contributed by atoms with Gasteiger partial charge in [0.15, 0.2) is 0 Å². The van der Waals surface area contributed by atoms with Gasteiger partial charge >= 0.3 is 0 Å². The van der Waals surface area contributed by atoms with Crippen molar-refractivity contribution in [3.05, 3.63) is 12.3 Å². The number of nitrogens with one attached hydrogen (secondary N) is 1. The van der Waals surface area contributed by atoms with E-state index in [-0.39, 0.29) is 4.95 Å². The van der Waals surface area contributed by atoms with Gasteiger partial charge in [-0.3, -0.25) is 0 Å². The lowest BCUT2D eigenvalue weighted by atomic mass is 10.7. The minimum Gasteiger partial charge on any atom is -0.317 e. The number of hydrazine groups is 1. The zero-order valence-corrected chi connectivity index (χ0v) is 5.57. The molecule has 1 aliphatic heterocycles. The molecule has 0 aliphatic carbocycles. The van der Waals surface area contributed by atoms with Crippen LogP contribution in [0.3, 0.4) is 0 Å². The fourth-order valence-electron chi connectivity index (χ4n) is 0.431. The van der Waals surface area contributed by atoms with E-state index in [1.54, 1.807) is 0 Å². The van der Waals surface area contributed by atoms with Gasteiger partial charge in [-0.1, -0.05) is 15.9 Å². The molecular formula is C4H6BrN2. The molecule has 0 aromatic rings. The monoisotopic (exact) mass is 161 g/mol. The van der Waals surface area contributed by atoms with Crippen LogP contribution < -0.4 is 5.43 Å². The Morgan fingerprint density at radius 1 is 2.00 bits per heavy atom. The molecule has 0 saturated carbocycles. The Balaban J connectivity index is 2.42. The first-order chi connectivity index (χ1) is 3.29. The SMILES string of the molecule is CN1C=[C]C(Br)N1. The highest BCUT2D eigenvalue weighted by molar-refractivity contribution is 9.09. The minimum absolute atomic E-state index is 0.206. The molecule has 1 atom stereocenters. The molecule has 3 heteroatoms.